The fourth-order valence-corrected chi connectivity index (χ4v) is 5.64. The highest BCUT2D eigenvalue weighted by atomic mass is 32.2. The van der Waals surface area contributed by atoms with Crippen LogP contribution in [0.15, 0.2) is 52.1 Å². The largest absolute Gasteiger partial charge is 0.334 e. The quantitative estimate of drug-likeness (QED) is 0.881. The van der Waals surface area contributed by atoms with Crippen molar-refractivity contribution in [1.29, 1.82) is 0 Å². The molecule has 23 heavy (non-hydrogen) atoms. The average molecular weight is 352 g/mol. The van der Waals surface area contributed by atoms with Gasteiger partial charge >= 0.3 is 0 Å². The zero-order chi connectivity index (χ0) is 16.1. The summed E-state index contributed by atoms with van der Waals surface area (Å²) < 4.78 is 27.4. The molecule has 6 heteroatoms. The Morgan fingerprint density at radius 3 is 2.61 bits per heavy atom. The molecule has 0 bridgehead atoms. The second kappa shape index (κ2) is 7.57. The molecule has 1 aliphatic rings. The SMILES string of the molecule is O=S(=O)(c1cccs1)N1CCC[NH+](CCc2ccccc2)CC1. The lowest BCUT2D eigenvalue weighted by molar-refractivity contribution is -0.897. The van der Waals surface area contributed by atoms with Gasteiger partial charge in [-0.3, -0.25) is 0 Å². The molecule has 0 radical (unpaired) electrons. The molecule has 1 aromatic heterocycles. The molecule has 1 N–H and O–H groups in total. The molecule has 1 fully saturated rings. The van der Waals surface area contributed by atoms with E-state index < -0.39 is 10.0 Å². The monoisotopic (exact) mass is 351 g/mol. The first-order chi connectivity index (χ1) is 11.2. The molecule has 4 nitrogen and oxygen atoms in total. The van der Waals surface area contributed by atoms with Gasteiger partial charge < -0.3 is 4.90 Å². The first-order valence-electron chi connectivity index (χ1n) is 8.07. The fraction of sp³-hybridized carbons (Fsp3) is 0.412. The van der Waals surface area contributed by atoms with E-state index in [0.717, 1.165) is 32.5 Å². The summed E-state index contributed by atoms with van der Waals surface area (Å²) in [6.07, 6.45) is 1.97. The molecule has 124 valence electrons. The summed E-state index contributed by atoms with van der Waals surface area (Å²) in [6.45, 7) is 4.25. The van der Waals surface area contributed by atoms with Gasteiger partial charge in [0, 0.05) is 19.4 Å². The van der Waals surface area contributed by atoms with Gasteiger partial charge in [0.25, 0.3) is 10.0 Å². The van der Waals surface area contributed by atoms with Crippen LogP contribution in [0.5, 0.6) is 0 Å². The standard InChI is InChI=1S/C17H22N2O2S2/c20-23(21,17-8-4-15-22-17)19-11-5-10-18(13-14-19)12-9-16-6-2-1-3-7-16/h1-4,6-8,15H,5,9-14H2/p+1. The smallest absolute Gasteiger partial charge is 0.252 e. The zero-order valence-electron chi connectivity index (χ0n) is 13.1. The molecular weight excluding hydrogens is 328 g/mol. The van der Waals surface area contributed by atoms with E-state index in [0.29, 0.717) is 17.3 Å². The lowest BCUT2D eigenvalue weighted by Gasteiger charge is -2.19. The number of quaternary nitrogens is 1. The van der Waals surface area contributed by atoms with E-state index >= 15 is 0 Å². The highest BCUT2D eigenvalue weighted by molar-refractivity contribution is 7.91. The van der Waals surface area contributed by atoms with E-state index in [1.54, 1.807) is 16.4 Å². The zero-order valence-corrected chi connectivity index (χ0v) is 14.8. The van der Waals surface area contributed by atoms with Crippen LogP contribution in [0.1, 0.15) is 12.0 Å². The number of sulfonamides is 1. The molecule has 1 aromatic carbocycles. The van der Waals surface area contributed by atoms with Gasteiger partial charge in [-0.15, -0.1) is 11.3 Å². The Hall–Kier alpha value is -1.21. The summed E-state index contributed by atoms with van der Waals surface area (Å²) in [7, 11) is -3.29. The Bertz CT molecular complexity index is 699. The molecule has 2 aromatic rings. The van der Waals surface area contributed by atoms with Crippen LogP contribution in [-0.2, 0) is 16.4 Å². The van der Waals surface area contributed by atoms with Crippen LogP contribution in [-0.4, -0.2) is 45.4 Å². The maximum absolute atomic E-state index is 12.6. The number of nitrogens with zero attached hydrogens (tertiary/aromatic N) is 1. The van der Waals surface area contributed by atoms with Crippen molar-refractivity contribution < 1.29 is 13.3 Å². The first-order valence-corrected chi connectivity index (χ1v) is 10.4. The summed E-state index contributed by atoms with van der Waals surface area (Å²) in [5.74, 6) is 0. The predicted molar refractivity (Wildman–Crippen MR) is 93.4 cm³/mol. The Labute approximate surface area is 142 Å². The van der Waals surface area contributed by atoms with Crippen LogP contribution in [0.25, 0.3) is 0 Å². The van der Waals surface area contributed by atoms with Crippen molar-refractivity contribution in [3.8, 4) is 0 Å². The lowest BCUT2D eigenvalue weighted by atomic mass is 10.1. The molecule has 0 spiro atoms. The predicted octanol–water partition coefficient (Wildman–Crippen LogP) is 1.27. The third-order valence-electron chi connectivity index (χ3n) is 4.35. The Kier molecular flexibility index (Phi) is 5.48. The molecule has 1 aliphatic heterocycles. The van der Waals surface area contributed by atoms with Crippen LogP contribution < -0.4 is 4.90 Å². The lowest BCUT2D eigenvalue weighted by Crippen LogP contribution is -3.12. The summed E-state index contributed by atoms with van der Waals surface area (Å²) in [6, 6.07) is 14.0. The van der Waals surface area contributed by atoms with Gasteiger partial charge in [-0.2, -0.15) is 4.31 Å². The van der Waals surface area contributed by atoms with Crippen molar-refractivity contribution in [3.63, 3.8) is 0 Å². The van der Waals surface area contributed by atoms with Crippen LogP contribution in [0.4, 0.5) is 0 Å². The minimum atomic E-state index is -3.29. The van der Waals surface area contributed by atoms with Gasteiger partial charge in [0.05, 0.1) is 26.2 Å². The van der Waals surface area contributed by atoms with Gasteiger partial charge in [0.15, 0.2) is 0 Å². The minimum absolute atomic E-state index is 0.463. The number of nitrogens with one attached hydrogen (secondary N) is 1. The van der Waals surface area contributed by atoms with E-state index in [1.165, 1.54) is 21.8 Å². The molecule has 3 rings (SSSR count). The van der Waals surface area contributed by atoms with Crippen molar-refractivity contribution in [2.24, 2.45) is 0 Å². The van der Waals surface area contributed by atoms with Gasteiger partial charge in [-0.1, -0.05) is 36.4 Å². The summed E-state index contributed by atoms with van der Waals surface area (Å²) >= 11 is 1.30. The van der Waals surface area contributed by atoms with Crippen molar-refractivity contribution in [2.45, 2.75) is 17.1 Å². The number of hydrogen-bond donors (Lipinski definition) is 1. The maximum Gasteiger partial charge on any atom is 0.252 e. The molecular formula is C17H23N2O2S2+. The highest BCUT2D eigenvalue weighted by Crippen LogP contribution is 2.20. The first kappa shape index (κ1) is 16.6. The third kappa shape index (κ3) is 4.20. The molecule has 0 saturated carbocycles. The van der Waals surface area contributed by atoms with Crippen LogP contribution in [0, 0.1) is 0 Å². The van der Waals surface area contributed by atoms with E-state index in [-0.39, 0.29) is 0 Å². The van der Waals surface area contributed by atoms with Crippen LogP contribution in [0.3, 0.4) is 0 Å². The van der Waals surface area contributed by atoms with Crippen molar-refractivity contribution in [1.82, 2.24) is 4.31 Å². The number of benzene rings is 1. The molecule has 1 atom stereocenters. The normalized spacial score (nSPS) is 20.3. The molecule has 1 saturated heterocycles. The highest BCUT2D eigenvalue weighted by Gasteiger charge is 2.28. The van der Waals surface area contributed by atoms with Gasteiger partial charge in [-0.05, 0) is 17.0 Å². The average Bonchev–Trinajstić information content (AvgIpc) is 3.01. The van der Waals surface area contributed by atoms with E-state index in [1.807, 2.05) is 11.4 Å². The van der Waals surface area contributed by atoms with E-state index in [9.17, 15) is 8.42 Å². The number of hydrogen-bond acceptors (Lipinski definition) is 3. The van der Waals surface area contributed by atoms with Crippen LogP contribution in [0.2, 0.25) is 0 Å². The Morgan fingerprint density at radius 1 is 1.04 bits per heavy atom. The van der Waals surface area contributed by atoms with Crippen molar-refractivity contribution in [2.75, 3.05) is 32.7 Å². The van der Waals surface area contributed by atoms with Gasteiger partial charge in [-0.25, -0.2) is 8.42 Å². The summed E-state index contributed by atoms with van der Waals surface area (Å²) in [5.41, 5.74) is 1.35. The number of rotatable bonds is 5. The second-order valence-electron chi connectivity index (χ2n) is 5.93. The second-order valence-corrected chi connectivity index (χ2v) is 9.04. The van der Waals surface area contributed by atoms with Gasteiger partial charge in [0.2, 0.25) is 0 Å². The number of thiophene rings is 1. The Balaban J connectivity index is 1.57. The molecule has 2 heterocycles. The topological polar surface area (TPSA) is 41.8 Å². The molecule has 0 amide bonds. The van der Waals surface area contributed by atoms with E-state index in [2.05, 4.69) is 24.3 Å². The van der Waals surface area contributed by atoms with Crippen molar-refractivity contribution >= 4 is 21.4 Å². The fourth-order valence-electron chi connectivity index (χ4n) is 3.02. The third-order valence-corrected chi connectivity index (χ3v) is 7.62. The van der Waals surface area contributed by atoms with Gasteiger partial charge in [0.1, 0.15) is 4.21 Å². The molecule has 1 unspecified atom stereocenters. The maximum atomic E-state index is 12.6. The Morgan fingerprint density at radius 2 is 1.87 bits per heavy atom. The summed E-state index contributed by atoms with van der Waals surface area (Å²) in [5, 5.41) is 1.82. The van der Waals surface area contributed by atoms with E-state index in [4.69, 9.17) is 0 Å². The van der Waals surface area contributed by atoms with Crippen molar-refractivity contribution in [3.05, 3.63) is 53.4 Å². The van der Waals surface area contributed by atoms with Crippen LogP contribution >= 0.6 is 11.3 Å². The minimum Gasteiger partial charge on any atom is -0.334 e. The summed E-state index contributed by atoms with van der Waals surface area (Å²) in [4.78, 5) is 1.50. The molecule has 0 aliphatic carbocycles.